The van der Waals surface area contributed by atoms with Crippen LogP contribution in [0.25, 0.3) is 11.0 Å². The van der Waals surface area contributed by atoms with Gasteiger partial charge in [-0.25, -0.2) is 9.59 Å². The molecule has 0 bridgehead atoms. The van der Waals surface area contributed by atoms with E-state index < -0.39 is 53.1 Å². The number of alkyl carbamates (subject to hydrolysis) is 1. The maximum atomic E-state index is 14.3. The van der Waals surface area contributed by atoms with Gasteiger partial charge in [-0.05, 0) is 64.7 Å². The number of hydrogen-bond acceptors (Lipinski definition) is 8. The number of amides is 3. The van der Waals surface area contributed by atoms with Crippen LogP contribution in [0, 0.1) is 5.92 Å². The molecule has 258 valence electrons. The van der Waals surface area contributed by atoms with E-state index in [0.29, 0.717) is 35.0 Å². The van der Waals surface area contributed by atoms with Crippen LogP contribution in [0.5, 0.6) is 0 Å². The van der Waals surface area contributed by atoms with Crippen LogP contribution in [0.4, 0.5) is 4.79 Å². The predicted octanol–water partition coefficient (Wildman–Crippen LogP) is 4.18. The van der Waals surface area contributed by atoms with Crippen molar-refractivity contribution in [1.82, 2.24) is 30.5 Å². The van der Waals surface area contributed by atoms with Crippen LogP contribution >= 0.6 is 0 Å². The fraction of sp³-hybridized carbons (Fsp3) is 0.472. The highest BCUT2D eigenvalue weighted by Gasteiger charge is 2.61. The van der Waals surface area contributed by atoms with E-state index in [2.05, 4.69) is 20.8 Å². The number of rotatable bonds is 5. The molecule has 1 aliphatic carbocycles. The Balaban J connectivity index is 1.30. The van der Waals surface area contributed by atoms with E-state index in [4.69, 9.17) is 4.74 Å². The third-order valence-corrected chi connectivity index (χ3v) is 9.35. The lowest BCUT2D eigenvalue weighted by molar-refractivity contribution is -0.145. The first kappa shape index (κ1) is 33.8. The molecule has 2 aromatic carbocycles. The SMILES string of the molecule is CC(C)(C)OC(=O)N[C@@H]1CCCCCC=C[C@@H]2C[C@]2(C(=O)O)NC(=O)[C@@H]2C[C@H](n3nc4ccc(C(=O)c5ccccc5)cc4n3)CN2C1=O. The number of aromatic nitrogens is 3. The largest absolute Gasteiger partial charge is 0.479 e. The number of fused-ring (bicyclic) bond motifs is 3. The maximum Gasteiger partial charge on any atom is 0.408 e. The third kappa shape index (κ3) is 7.35. The Hall–Kier alpha value is -5.07. The van der Waals surface area contributed by atoms with Crippen LogP contribution in [-0.2, 0) is 19.1 Å². The molecular weight excluding hydrogens is 628 g/mol. The van der Waals surface area contributed by atoms with Gasteiger partial charge >= 0.3 is 12.1 Å². The van der Waals surface area contributed by atoms with Gasteiger partial charge in [0.15, 0.2) is 5.78 Å². The third-order valence-electron chi connectivity index (χ3n) is 9.35. The fourth-order valence-electron chi connectivity index (χ4n) is 6.69. The summed E-state index contributed by atoms with van der Waals surface area (Å²) in [5.41, 5.74) is -0.236. The van der Waals surface area contributed by atoms with Gasteiger partial charge in [0.05, 0.1) is 6.04 Å². The van der Waals surface area contributed by atoms with Gasteiger partial charge in [0.1, 0.15) is 34.3 Å². The van der Waals surface area contributed by atoms with E-state index in [9.17, 15) is 29.1 Å². The van der Waals surface area contributed by atoms with E-state index in [1.165, 1.54) is 9.70 Å². The molecule has 3 aromatic rings. The van der Waals surface area contributed by atoms with Crippen LogP contribution in [0.3, 0.4) is 0 Å². The van der Waals surface area contributed by atoms with Gasteiger partial charge in [0, 0.05) is 30.0 Å². The standard InChI is InChI=1S/C36H42N6O7/c1-35(2,3)49-34(48)37-27-15-11-6-4-5-10-14-24-20-36(24,33(46)47)38-31(44)29-19-25(21-41(29)32(27)45)42-39-26-17-16-23(18-28(26)40-42)30(43)22-12-8-7-9-13-22/h7-10,12-14,16-18,24-25,27,29H,4-6,11,15,19-21H2,1-3H3,(H,37,48)(H,38,44)(H,46,47)/t24-,25+,27-,29+,36+/m1/s1. The first-order valence-electron chi connectivity index (χ1n) is 16.8. The quantitative estimate of drug-likeness (QED) is 0.266. The number of ether oxygens (including phenoxy) is 1. The van der Waals surface area contributed by atoms with E-state index in [1.54, 1.807) is 63.2 Å². The van der Waals surface area contributed by atoms with E-state index in [0.717, 1.165) is 19.3 Å². The molecule has 13 heteroatoms. The molecule has 6 rings (SSSR count). The average molecular weight is 671 g/mol. The topological polar surface area (TPSA) is 173 Å². The van der Waals surface area contributed by atoms with Crippen molar-refractivity contribution in [3.63, 3.8) is 0 Å². The van der Waals surface area contributed by atoms with Crippen molar-refractivity contribution in [1.29, 1.82) is 0 Å². The van der Waals surface area contributed by atoms with Crippen LogP contribution in [-0.4, -0.2) is 84.4 Å². The van der Waals surface area contributed by atoms with Crippen LogP contribution < -0.4 is 10.6 Å². The smallest absolute Gasteiger partial charge is 0.408 e. The Morgan fingerprint density at radius 3 is 2.49 bits per heavy atom. The second-order valence-electron chi connectivity index (χ2n) is 14.2. The molecular formula is C36H42N6O7. The second kappa shape index (κ2) is 13.4. The zero-order valence-electron chi connectivity index (χ0n) is 27.9. The van der Waals surface area contributed by atoms with Crippen molar-refractivity contribution >= 4 is 40.7 Å². The van der Waals surface area contributed by atoms with Crippen LogP contribution in [0.2, 0.25) is 0 Å². The Kier molecular flexibility index (Phi) is 9.28. The van der Waals surface area contributed by atoms with Gasteiger partial charge in [-0.3, -0.25) is 14.4 Å². The summed E-state index contributed by atoms with van der Waals surface area (Å²) in [7, 11) is 0. The average Bonchev–Trinajstić information content (AvgIpc) is 3.37. The van der Waals surface area contributed by atoms with Gasteiger partial charge < -0.3 is 25.4 Å². The molecule has 3 aliphatic rings. The number of carboxylic acids is 1. The van der Waals surface area contributed by atoms with Gasteiger partial charge in [-0.2, -0.15) is 15.0 Å². The van der Waals surface area contributed by atoms with Gasteiger partial charge in [0.25, 0.3) is 0 Å². The summed E-state index contributed by atoms with van der Waals surface area (Å²) in [6, 6.07) is 11.4. The molecule has 1 aromatic heterocycles. The summed E-state index contributed by atoms with van der Waals surface area (Å²) in [5.74, 6) is -2.70. The van der Waals surface area contributed by atoms with E-state index in [1.807, 2.05) is 18.2 Å². The van der Waals surface area contributed by atoms with Crippen molar-refractivity contribution in [2.75, 3.05) is 6.54 Å². The molecule has 0 radical (unpaired) electrons. The highest BCUT2D eigenvalue weighted by molar-refractivity contribution is 6.10. The highest BCUT2D eigenvalue weighted by Crippen LogP contribution is 2.45. The number of carboxylic acid groups (broad SMARTS) is 1. The maximum absolute atomic E-state index is 14.3. The molecule has 0 spiro atoms. The molecule has 2 fully saturated rings. The minimum Gasteiger partial charge on any atom is -0.479 e. The Labute approximate surface area is 284 Å². The molecule has 3 amide bonds. The Morgan fingerprint density at radius 1 is 1.00 bits per heavy atom. The van der Waals surface area contributed by atoms with E-state index >= 15 is 0 Å². The number of benzene rings is 2. The molecule has 0 unspecified atom stereocenters. The number of hydrogen-bond donors (Lipinski definition) is 3. The summed E-state index contributed by atoms with van der Waals surface area (Å²) in [5, 5.41) is 24.9. The molecule has 1 saturated heterocycles. The number of ketones is 1. The predicted molar refractivity (Wildman–Crippen MR) is 179 cm³/mol. The number of carbonyl (C=O) groups is 5. The molecule has 5 atom stereocenters. The molecule has 3 N–H and O–H groups in total. The molecule has 13 nitrogen and oxygen atoms in total. The number of nitrogens with one attached hydrogen (secondary N) is 2. The van der Waals surface area contributed by atoms with Crippen LogP contribution in [0.1, 0.15) is 87.7 Å². The molecule has 1 saturated carbocycles. The number of nitrogens with zero attached hydrogens (tertiary/aromatic N) is 4. The van der Waals surface area contributed by atoms with Gasteiger partial charge in [0.2, 0.25) is 11.8 Å². The first-order valence-corrected chi connectivity index (χ1v) is 16.8. The molecule has 2 aliphatic heterocycles. The van der Waals surface area contributed by atoms with Gasteiger partial charge in [-0.15, -0.1) is 0 Å². The molecule has 49 heavy (non-hydrogen) atoms. The Morgan fingerprint density at radius 2 is 1.76 bits per heavy atom. The van der Waals surface area contributed by atoms with E-state index in [-0.39, 0.29) is 31.1 Å². The number of allylic oxidation sites excluding steroid dienone is 1. The minimum atomic E-state index is -1.45. The normalized spacial score (nSPS) is 26.1. The lowest BCUT2D eigenvalue weighted by Crippen LogP contribution is -2.56. The summed E-state index contributed by atoms with van der Waals surface area (Å²) < 4.78 is 5.46. The lowest BCUT2D eigenvalue weighted by atomic mass is 10.0. The zero-order valence-corrected chi connectivity index (χ0v) is 27.9. The van der Waals surface area contributed by atoms with Crippen molar-refractivity contribution in [2.45, 2.75) is 95.0 Å². The van der Waals surface area contributed by atoms with Crippen molar-refractivity contribution in [3.8, 4) is 0 Å². The summed E-state index contributed by atoms with van der Waals surface area (Å²) in [4.78, 5) is 69.5. The van der Waals surface area contributed by atoms with Crippen molar-refractivity contribution < 1.29 is 33.8 Å². The summed E-state index contributed by atoms with van der Waals surface area (Å²) >= 11 is 0. The van der Waals surface area contributed by atoms with Crippen LogP contribution in [0.15, 0.2) is 60.7 Å². The zero-order chi connectivity index (χ0) is 34.9. The first-order chi connectivity index (χ1) is 23.3. The highest BCUT2D eigenvalue weighted by atomic mass is 16.6. The fourth-order valence-corrected chi connectivity index (χ4v) is 6.69. The lowest BCUT2D eigenvalue weighted by Gasteiger charge is -2.30. The van der Waals surface area contributed by atoms with Gasteiger partial charge in [-0.1, -0.05) is 55.3 Å². The second-order valence-corrected chi connectivity index (χ2v) is 14.2. The van der Waals surface area contributed by atoms with Crippen molar-refractivity contribution in [3.05, 3.63) is 71.8 Å². The number of aliphatic carboxylic acids is 1. The number of carbonyl (C=O) groups excluding carboxylic acids is 4. The minimum absolute atomic E-state index is 0.0453. The monoisotopic (exact) mass is 670 g/mol. The summed E-state index contributed by atoms with van der Waals surface area (Å²) in [6.45, 7) is 5.24. The Bertz CT molecular complexity index is 1800. The van der Waals surface area contributed by atoms with Crippen molar-refractivity contribution in [2.24, 2.45) is 5.92 Å². The molecule has 3 heterocycles. The summed E-state index contributed by atoms with van der Waals surface area (Å²) in [6.07, 6.45) is 6.78.